The smallest absolute Gasteiger partial charge is 0.216 e. The summed E-state index contributed by atoms with van der Waals surface area (Å²) in [6.07, 6.45) is 2.27. The van der Waals surface area contributed by atoms with Crippen molar-refractivity contribution in [3.8, 4) is 11.8 Å². The van der Waals surface area contributed by atoms with Crippen LogP contribution >= 0.6 is 0 Å². The van der Waals surface area contributed by atoms with Gasteiger partial charge < -0.3 is 5.32 Å². The molecule has 0 fully saturated rings. The lowest BCUT2D eigenvalue weighted by Crippen LogP contribution is -2.20. The van der Waals surface area contributed by atoms with E-state index in [1.165, 1.54) is 6.92 Å². The molecular formula is C14H13N3O. The maximum atomic E-state index is 10.6. The Kier molecular flexibility index (Phi) is 3.87. The van der Waals surface area contributed by atoms with Crippen LogP contribution < -0.4 is 5.32 Å². The SMILES string of the molecule is CC(=O)NCCC#Cc1cnc2ccccc2n1. The largest absolute Gasteiger partial charge is 0.355 e. The Labute approximate surface area is 105 Å². The van der Waals surface area contributed by atoms with E-state index in [0.29, 0.717) is 18.7 Å². The van der Waals surface area contributed by atoms with Gasteiger partial charge in [-0.1, -0.05) is 18.1 Å². The van der Waals surface area contributed by atoms with E-state index in [2.05, 4.69) is 27.1 Å². The highest BCUT2D eigenvalue weighted by atomic mass is 16.1. The third-order valence-corrected chi connectivity index (χ3v) is 2.29. The standard InChI is InChI=1S/C14H13N3O/c1-11(18)15-9-5-4-6-12-10-16-13-7-2-3-8-14(13)17-12/h2-3,7-8,10H,5,9H2,1H3,(H,15,18). The van der Waals surface area contributed by atoms with E-state index >= 15 is 0 Å². The molecule has 1 heterocycles. The van der Waals surface area contributed by atoms with E-state index in [1.807, 2.05) is 24.3 Å². The highest BCUT2D eigenvalue weighted by molar-refractivity contribution is 5.74. The maximum Gasteiger partial charge on any atom is 0.216 e. The number of fused-ring (bicyclic) bond motifs is 1. The van der Waals surface area contributed by atoms with Crippen molar-refractivity contribution < 1.29 is 4.79 Å². The third-order valence-electron chi connectivity index (χ3n) is 2.29. The normalized spacial score (nSPS) is 9.61. The van der Waals surface area contributed by atoms with Crippen LogP contribution in [0.5, 0.6) is 0 Å². The quantitative estimate of drug-likeness (QED) is 0.638. The summed E-state index contributed by atoms with van der Waals surface area (Å²) in [5, 5.41) is 2.68. The van der Waals surface area contributed by atoms with Crippen molar-refractivity contribution in [1.82, 2.24) is 15.3 Å². The number of rotatable bonds is 2. The zero-order valence-corrected chi connectivity index (χ0v) is 10.1. The van der Waals surface area contributed by atoms with Gasteiger partial charge in [0.25, 0.3) is 0 Å². The monoisotopic (exact) mass is 239 g/mol. The van der Waals surface area contributed by atoms with Crippen LogP contribution in [0, 0.1) is 11.8 Å². The molecule has 0 aliphatic carbocycles. The summed E-state index contributed by atoms with van der Waals surface area (Å²) in [7, 11) is 0. The van der Waals surface area contributed by atoms with Gasteiger partial charge in [0.05, 0.1) is 17.2 Å². The number of para-hydroxylation sites is 2. The zero-order chi connectivity index (χ0) is 12.8. The van der Waals surface area contributed by atoms with Crippen molar-refractivity contribution in [3.05, 3.63) is 36.2 Å². The Morgan fingerprint density at radius 1 is 1.33 bits per heavy atom. The summed E-state index contributed by atoms with van der Waals surface area (Å²) >= 11 is 0. The van der Waals surface area contributed by atoms with Crippen LogP contribution in [-0.4, -0.2) is 22.4 Å². The molecule has 1 N–H and O–H groups in total. The van der Waals surface area contributed by atoms with Gasteiger partial charge in [0.15, 0.2) is 0 Å². The number of hydrogen-bond donors (Lipinski definition) is 1. The van der Waals surface area contributed by atoms with Crippen LogP contribution in [0.2, 0.25) is 0 Å². The average Bonchev–Trinajstić information content (AvgIpc) is 2.38. The predicted octanol–water partition coefficient (Wildman–Crippen LogP) is 1.51. The minimum atomic E-state index is -0.0395. The second-order valence-electron chi connectivity index (χ2n) is 3.78. The Morgan fingerprint density at radius 3 is 2.89 bits per heavy atom. The fourth-order valence-corrected chi connectivity index (χ4v) is 1.47. The molecule has 0 unspecified atom stereocenters. The van der Waals surface area contributed by atoms with E-state index < -0.39 is 0 Å². The second kappa shape index (κ2) is 5.78. The van der Waals surface area contributed by atoms with Gasteiger partial charge >= 0.3 is 0 Å². The summed E-state index contributed by atoms with van der Waals surface area (Å²) in [6, 6.07) is 7.67. The van der Waals surface area contributed by atoms with Crippen LogP contribution in [0.15, 0.2) is 30.5 Å². The number of carbonyl (C=O) groups excluding carboxylic acids is 1. The molecule has 2 rings (SSSR count). The molecule has 0 spiro atoms. The lowest BCUT2D eigenvalue weighted by atomic mass is 10.3. The summed E-state index contributed by atoms with van der Waals surface area (Å²) in [5.41, 5.74) is 2.35. The number of aromatic nitrogens is 2. The van der Waals surface area contributed by atoms with Gasteiger partial charge in [0.1, 0.15) is 5.69 Å². The number of carbonyl (C=O) groups is 1. The fraction of sp³-hybridized carbons (Fsp3) is 0.214. The van der Waals surface area contributed by atoms with Crippen molar-refractivity contribution in [2.75, 3.05) is 6.54 Å². The molecule has 0 bridgehead atoms. The third kappa shape index (κ3) is 3.29. The molecule has 1 aromatic heterocycles. The molecule has 1 amide bonds. The van der Waals surface area contributed by atoms with Gasteiger partial charge in [-0.15, -0.1) is 0 Å². The molecule has 2 aromatic rings. The summed E-state index contributed by atoms with van der Waals surface area (Å²) in [6.45, 7) is 2.05. The molecule has 90 valence electrons. The van der Waals surface area contributed by atoms with Crippen LogP contribution in [0.25, 0.3) is 11.0 Å². The van der Waals surface area contributed by atoms with Crippen molar-refractivity contribution in [1.29, 1.82) is 0 Å². The summed E-state index contributed by atoms with van der Waals surface area (Å²) in [5.74, 6) is 5.85. The Balaban J connectivity index is 2.03. The van der Waals surface area contributed by atoms with Crippen LogP contribution in [0.4, 0.5) is 0 Å². The highest BCUT2D eigenvalue weighted by Gasteiger charge is 1.95. The first-order chi connectivity index (χ1) is 8.75. The number of benzene rings is 1. The Morgan fingerprint density at radius 2 is 2.11 bits per heavy atom. The van der Waals surface area contributed by atoms with Crippen molar-refractivity contribution in [2.24, 2.45) is 0 Å². The highest BCUT2D eigenvalue weighted by Crippen LogP contribution is 2.07. The lowest BCUT2D eigenvalue weighted by molar-refractivity contribution is -0.118. The van der Waals surface area contributed by atoms with Gasteiger partial charge in [0, 0.05) is 19.9 Å². The molecule has 0 saturated carbocycles. The molecule has 0 saturated heterocycles. The molecular weight excluding hydrogens is 226 g/mol. The van der Waals surface area contributed by atoms with Gasteiger partial charge in [0.2, 0.25) is 5.91 Å². The lowest BCUT2D eigenvalue weighted by Gasteiger charge is -1.96. The second-order valence-corrected chi connectivity index (χ2v) is 3.78. The van der Waals surface area contributed by atoms with E-state index in [4.69, 9.17) is 0 Å². The van der Waals surface area contributed by atoms with Crippen molar-refractivity contribution >= 4 is 16.9 Å². The molecule has 1 aromatic carbocycles. The molecule has 0 radical (unpaired) electrons. The first-order valence-corrected chi connectivity index (χ1v) is 5.71. The summed E-state index contributed by atoms with van der Waals surface area (Å²) < 4.78 is 0. The maximum absolute atomic E-state index is 10.6. The number of amides is 1. The van der Waals surface area contributed by atoms with Crippen LogP contribution in [-0.2, 0) is 4.79 Å². The molecule has 0 atom stereocenters. The van der Waals surface area contributed by atoms with Crippen LogP contribution in [0.1, 0.15) is 19.0 Å². The Bertz CT molecular complexity index is 625. The topological polar surface area (TPSA) is 54.9 Å². The minimum absolute atomic E-state index is 0.0395. The van der Waals surface area contributed by atoms with E-state index in [-0.39, 0.29) is 5.91 Å². The molecule has 0 aliphatic heterocycles. The van der Waals surface area contributed by atoms with Gasteiger partial charge in [-0.2, -0.15) is 0 Å². The minimum Gasteiger partial charge on any atom is -0.355 e. The molecule has 18 heavy (non-hydrogen) atoms. The van der Waals surface area contributed by atoms with Gasteiger partial charge in [-0.25, -0.2) is 4.98 Å². The first kappa shape index (κ1) is 12.1. The molecule has 4 nitrogen and oxygen atoms in total. The van der Waals surface area contributed by atoms with Gasteiger partial charge in [-0.05, 0) is 18.1 Å². The summed E-state index contributed by atoms with van der Waals surface area (Å²) in [4.78, 5) is 19.3. The zero-order valence-electron chi connectivity index (χ0n) is 10.1. The Hall–Kier alpha value is -2.41. The number of nitrogens with zero attached hydrogens (tertiary/aromatic N) is 2. The van der Waals surface area contributed by atoms with Gasteiger partial charge in [-0.3, -0.25) is 9.78 Å². The number of nitrogens with one attached hydrogen (secondary N) is 1. The average molecular weight is 239 g/mol. The molecule has 4 heteroatoms. The van der Waals surface area contributed by atoms with E-state index in [0.717, 1.165) is 11.0 Å². The van der Waals surface area contributed by atoms with E-state index in [1.54, 1.807) is 6.20 Å². The van der Waals surface area contributed by atoms with Crippen molar-refractivity contribution in [2.45, 2.75) is 13.3 Å². The fourth-order valence-electron chi connectivity index (χ4n) is 1.47. The van der Waals surface area contributed by atoms with E-state index in [9.17, 15) is 4.79 Å². The molecule has 0 aliphatic rings. The number of hydrogen-bond acceptors (Lipinski definition) is 3. The first-order valence-electron chi connectivity index (χ1n) is 5.71. The van der Waals surface area contributed by atoms with Crippen molar-refractivity contribution in [3.63, 3.8) is 0 Å². The van der Waals surface area contributed by atoms with Crippen LogP contribution in [0.3, 0.4) is 0 Å². The predicted molar refractivity (Wildman–Crippen MR) is 69.7 cm³/mol.